The highest BCUT2D eigenvalue weighted by molar-refractivity contribution is 6.30. The average Bonchev–Trinajstić information content (AvgIpc) is 2.80. The molecule has 3 atom stereocenters. The van der Waals surface area contributed by atoms with E-state index in [4.69, 9.17) is 27.9 Å². The van der Waals surface area contributed by atoms with E-state index in [9.17, 15) is 19.1 Å². The van der Waals surface area contributed by atoms with Crippen molar-refractivity contribution in [1.82, 2.24) is 16.0 Å². The molecule has 2 amide bonds. The zero-order valence-electron chi connectivity index (χ0n) is 18.3. The van der Waals surface area contributed by atoms with Crippen LogP contribution in [0, 0.1) is 11.2 Å². The van der Waals surface area contributed by atoms with E-state index in [2.05, 4.69) is 16.0 Å². The van der Waals surface area contributed by atoms with Gasteiger partial charge in [-0.1, -0.05) is 11.6 Å². The first-order chi connectivity index (χ1) is 15.7. The first kappa shape index (κ1) is 24.5. The van der Waals surface area contributed by atoms with Crippen molar-refractivity contribution in [2.45, 2.75) is 68.0 Å². The van der Waals surface area contributed by atoms with Crippen LogP contribution in [0.1, 0.15) is 44.9 Å². The van der Waals surface area contributed by atoms with Gasteiger partial charge in [0.25, 0.3) is 5.91 Å². The van der Waals surface area contributed by atoms with Crippen molar-refractivity contribution in [3.63, 3.8) is 0 Å². The number of alkyl halides is 1. The molecule has 182 valence electrons. The summed E-state index contributed by atoms with van der Waals surface area (Å²) in [6.07, 6.45) is 3.53. The van der Waals surface area contributed by atoms with Gasteiger partial charge in [-0.2, -0.15) is 0 Å². The average molecular weight is 502 g/mol. The van der Waals surface area contributed by atoms with Gasteiger partial charge in [0.05, 0.1) is 16.5 Å². The van der Waals surface area contributed by atoms with E-state index < -0.39 is 22.9 Å². The van der Waals surface area contributed by atoms with Crippen molar-refractivity contribution < 1.29 is 23.8 Å². The molecule has 33 heavy (non-hydrogen) atoms. The van der Waals surface area contributed by atoms with E-state index in [0.717, 1.165) is 25.5 Å². The third-order valence-electron chi connectivity index (χ3n) is 7.40. The molecule has 4 aliphatic rings. The number of nitrogens with one attached hydrogen (secondary N) is 3. The Bertz CT molecular complexity index is 886. The van der Waals surface area contributed by atoms with Crippen LogP contribution < -0.4 is 20.7 Å². The van der Waals surface area contributed by atoms with E-state index in [1.165, 1.54) is 12.1 Å². The van der Waals surface area contributed by atoms with Crippen molar-refractivity contribution in [3.05, 3.63) is 29.0 Å². The number of amides is 2. The van der Waals surface area contributed by atoms with E-state index >= 15 is 0 Å². The second-order valence-corrected chi connectivity index (χ2v) is 10.6. The molecule has 3 saturated carbocycles. The summed E-state index contributed by atoms with van der Waals surface area (Å²) in [5.74, 6) is -0.871. The summed E-state index contributed by atoms with van der Waals surface area (Å²) in [4.78, 5) is 25.6. The van der Waals surface area contributed by atoms with Gasteiger partial charge in [0.2, 0.25) is 5.91 Å². The number of aliphatic hydroxyl groups is 1. The van der Waals surface area contributed by atoms with Gasteiger partial charge in [-0.3, -0.25) is 9.59 Å². The van der Waals surface area contributed by atoms with Gasteiger partial charge in [-0.05, 0) is 57.1 Å². The van der Waals surface area contributed by atoms with Gasteiger partial charge in [-0.15, -0.1) is 11.6 Å². The number of rotatable bonds is 7. The number of halogens is 3. The van der Waals surface area contributed by atoms with E-state index in [1.54, 1.807) is 0 Å². The third-order valence-corrected chi connectivity index (χ3v) is 8.08. The number of ether oxygens (including phenoxy) is 1. The summed E-state index contributed by atoms with van der Waals surface area (Å²) in [5.41, 5.74) is -1.37. The molecule has 1 saturated heterocycles. The maximum atomic E-state index is 13.5. The topological polar surface area (TPSA) is 99.7 Å². The molecular weight excluding hydrogens is 472 g/mol. The Kier molecular flexibility index (Phi) is 7.38. The fraction of sp³-hybridized carbons (Fsp3) is 0.652. The summed E-state index contributed by atoms with van der Waals surface area (Å²) in [6.45, 7) is 0.971. The number of piperidine rings is 1. The quantitative estimate of drug-likeness (QED) is 0.430. The lowest BCUT2D eigenvalue weighted by atomic mass is 9.55. The van der Waals surface area contributed by atoms with Gasteiger partial charge < -0.3 is 25.8 Å². The molecule has 0 radical (unpaired) electrons. The minimum atomic E-state index is -0.835. The summed E-state index contributed by atoms with van der Waals surface area (Å²) in [7, 11) is 0. The van der Waals surface area contributed by atoms with Gasteiger partial charge in [0.15, 0.2) is 6.61 Å². The van der Waals surface area contributed by atoms with Gasteiger partial charge >= 0.3 is 0 Å². The number of benzene rings is 1. The van der Waals surface area contributed by atoms with Crippen LogP contribution in [-0.4, -0.2) is 59.7 Å². The highest BCUT2D eigenvalue weighted by atomic mass is 35.5. The summed E-state index contributed by atoms with van der Waals surface area (Å²) >= 11 is 11.8. The van der Waals surface area contributed by atoms with Crippen LogP contribution in [-0.2, 0) is 9.59 Å². The summed E-state index contributed by atoms with van der Waals surface area (Å²) in [5, 5.41) is 20.4. The van der Waals surface area contributed by atoms with Gasteiger partial charge in [0, 0.05) is 36.1 Å². The van der Waals surface area contributed by atoms with Crippen LogP contribution in [0.3, 0.4) is 0 Å². The third kappa shape index (κ3) is 5.39. The predicted molar refractivity (Wildman–Crippen MR) is 123 cm³/mol. The Morgan fingerprint density at radius 3 is 2.64 bits per heavy atom. The summed E-state index contributed by atoms with van der Waals surface area (Å²) < 4.78 is 18.9. The zero-order valence-corrected chi connectivity index (χ0v) is 19.9. The molecule has 0 spiro atoms. The Morgan fingerprint density at radius 2 is 2.00 bits per heavy atom. The largest absolute Gasteiger partial charge is 0.484 e. The zero-order chi connectivity index (χ0) is 23.6. The molecule has 4 fully saturated rings. The maximum Gasteiger partial charge on any atom is 0.258 e. The number of fused-ring (bicyclic) bond motifs is 3. The van der Waals surface area contributed by atoms with Crippen LogP contribution in [0.15, 0.2) is 18.2 Å². The fourth-order valence-corrected chi connectivity index (χ4v) is 5.66. The van der Waals surface area contributed by atoms with E-state index in [0.29, 0.717) is 38.6 Å². The SMILES string of the molecule is O=C(COc1ccc(Cl)c(F)c1)NC12CCC(C(=O)NCC3CCC(Cl)CN3)(CC1)C(O)C2. The van der Waals surface area contributed by atoms with Crippen LogP contribution in [0.4, 0.5) is 4.39 Å². The molecule has 3 aliphatic carbocycles. The molecule has 10 heteroatoms. The number of hydrogen-bond acceptors (Lipinski definition) is 5. The standard InChI is InChI=1S/C23H30Cl2FN3O4/c24-14-1-2-15(27-11-14)12-28-21(32)23-7-5-22(6-8-23,10-19(23)30)29-20(31)13-33-16-3-4-17(25)18(26)9-16/h3-4,9,14-15,19,27,30H,1-2,5-8,10-13H2,(H,28,32)(H,29,31). The second-order valence-electron chi connectivity index (χ2n) is 9.56. The van der Waals surface area contributed by atoms with Crippen molar-refractivity contribution in [3.8, 4) is 5.75 Å². The fourth-order valence-electron chi connectivity index (χ4n) is 5.33. The lowest BCUT2D eigenvalue weighted by Crippen LogP contribution is -2.66. The van der Waals surface area contributed by atoms with Crippen LogP contribution in [0.5, 0.6) is 5.75 Å². The molecule has 1 aromatic rings. The van der Waals surface area contributed by atoms with Crippen LogP contribution in [0.25, 0.3) is 0 Å². The summed E-state index contributed by atoms with van der Waals surface area (Å²) in [6, 6.07) is 4.18. The molecule has 1 aliphatic heterocycles. The van der Waals surface area contributed by atoms with Gasteiger partial charge in [-0.25, -0.2) is 4.39 Å². The minimum Gasteiger partial charge on any atom is -0.484 e. The molecule has 5 rings (SSSR count). The number of hydrogen-bond donors (Lipinski definition) is 4. The van der Waals surface area contributed by atoms with Crippen LogP contribution in [0.2, 0.25) is 5.02 Å². The van der Waals surface area contributed by atoms with E-state index in [-0.39, 0.29) is 40.6 Å². The highest BCUT2D eigenvalue weighted by Crippen LogP contribution is 2.52. The Hall–Kier alpha value is -1.61. The molecule has 1 heterocycles. The molecule has 4 N–H and O–H groups in total. The number of carbonyl (C=O) groups excluding carboxylic acids is 2. The monoisotopic (exact) mass is 501 g/mol. The first-order valence-corrected chi connectivity index (χ1v) is 12.3. The van der Waals surface area contributed by atoms with Crippen molar-refractivity contribution in [1.29, 1.82) is 0 Å². The van der Waals surface area contributed by atoms with Crippen molar-refractivity contribution in [2.75, 3.05) is 19.7 Å². The normalized spacial score (nSPS) is 33.4. The predicted octanol–water partition coefficient (Wildman–Crippen LogP) is 2.51. The highest BCUT2D eigenvalue weighted by Gasteiger charge is 2.58. The minimum absolute atomic E-state index is 0.0180. The second kappa shape index (κ2) is 9.94. The Labute approximate surface area is 202 Å². The molecule has 1 aromatic carbocycles. The lowest BCUT2D eigenvalue weighted by molar-refractivity contribution is -0.156. The van der Waals surface area contributed by atoms with E-state index in [1.807, 2.05) is 0 Å². The van der Waals surface area contributed by atoms with Crippen LogP contribution >= 0.6 is 23.2 Å². The molecule has 3 unspecified atom stereocenters. The molecule has 0 aromatic heterocycles. The molecular formula is C23H30Cl2FN3O4. The number of carbonyl (C=O) groups is 2. The maximum absolute atomic E-state index is 13.5. The molecule has 2 bridgehead atoms. The Balaban J connectivity index is 1.28. The first-order valence-electron chi connectivity index (χ1n) is 11.4. The lowest BCUT2D eigenvalue weighted by Gasteiger charge is -2.55. The Morgan fingerprint density at radius 1 is 1.24 bits per heavy atom. The number of aliphatic hydroxyl groups excluding tert-OH is 1. The van der Waals surface area contributed by atoms with Crippen molar-refractivity contribution >= 4 is 35.0 Å². The van der Waals surface area contributed by atoms with Gasteiger partial charge in [0.1, 0.15) is 11.6 Å². The molecule has 7 nitrogen and oxygen atoms in total. The van der Waals surface area contributed by atoms with Crippen molar-refractivity contribution in [2.24, 2.45) is 5.41 Å². The smallest absolute Gasteiger partial charge is 0.258 e.